The van der Waals surface area contributed by atoms with Crippen molar-refractivity contribution in [3.05, 3.63) is 0 Å². The van der Waals surface area contributed by atoms with Crippen LogP contribution in [0.15, 0.2) is 0 Å². The normalized spacial score (nSPS) is 14.7. The maximum absolute atomic E-state index is 5.39. The highest BCUT2D eigenvalue weighted by Crippen LogP contribution is 2.18. The number of nitrogen functional groups attached to an aromatic ring is 1. The molecule has 0 spiro atoms. The zero-order chi connectivity index (χ0) is 13.5. The van der Waals surface area contributed by atoms with Crippen molar-refractivity contribution in [1.82, 2.24) is 15.0 Å². The van der Waals surface area contributed by atoms with Crippen molar-refractivity contribution < 1.29 is 4.74 Å². The Labute approximate surface area is 112 Å². The molecule has 2 rings (SSSR count). The van der Waals surface area contributed by atoms with Crippen LogP contribution >= 0.6 is 0 Å². The van der Waals surface area contributed by atoms with Gasteiger partial charge in [0.15, 0.2) is 0 Å². The lowest BCUT2D eigenvalue weighted by atomic mass is 10.4. The molecule has 0 aliphatic carbocycles. The monoisotopic (exact) mass is 267 g/mol. The second-order valence-corrected chi connectivity index (χ2v) is 4.24. The Morgan fingerprint density at radius 3 is 2.63 bits per heavy atom. The van der Waals surface area contributed by atoms with Gasteiger partial charge in [-0.15, -0.1) is 0 Å². The molecule has 1 aromatic heterocycles. The zero-order valence-corrected chi connectivity index (χ0v) is 11.2. The van der Waals surface area contributed by atoms with Gasteiger partial charge in [-0.1, -0.05) is 0 Å². The molecule has 4 N–H and O–H groups in total. The van der Waals surface area contributed by atoms with Crippen molar-refractivity contribution in [1.29, 1.82) is 0 Å². The largest absolute Gasteiger partial charge is 0.380 e. The SMILES string of the molecule is CCOCCNc1nc(NN)nc(N2CCCC2)n1. The van der Waals surface area contributed by atoms with Gasteiger partial charge in [-0.2, -0.15) is 15.0 Å². The van der Waals surface area contributed by atoms with Crippen molar-refractivity contribution in [2.75, 3.05) is 48.5 Å². The van der Waals surface area contributed by atoms with Crippen molar-refractivity contribution in [3.8, 4) is 0 Å². The van der Waals surface area contributed by atoms with Crippen LogP contribution in [0.2, 0.25) is 0 Å². The first-order chi connectivity index (χ1) is 9.33. The number of rotatable bonds is 7. The minimum absolute atomic E-state index is 0.371. The minimum atomic E-state index is 0.371. The molecule has 0 unspecified atom stereocenters. The van der Waals surface area contributed by atoms with E-state index in [2.05, 4.69) is 30.6 Å². The highest BCUT2D eigenvalue weighted by molar-refractivity contribution is 5.43. The Morgan fingerprint density at radius 1 is 1.21 bits per heavy atom. The van der Waals surface area contributed by atoms with Crippen LogP contribution in [0.5, 0.6) is 0 Å². The van der Waals surface area contributed by atoms with Crippen molar-refractivity contribution in [2.45, 2.75) is 19.8 Å². The third kappa shape index (κ3) is 3.90. The first-order valence-corrected chi connectivity index (χ1v) is 6.62. The Kier molecular flexibility index (Phi) is 5.10. The summed E-state index contributed by atoms with van der Waals surface area (Å²) in [5.74, 6) is 6.94. The van der Waals surface area contributed by atoms with E-state index in [-0.39, 0.29) is 0 Å². The Balaban J connectivity index is 2.02. The number of hydrazine groups is 1. The van der Waals surface area contributed by atoms with Crippen LogP contribution in [-0.4, -0.2) is 47.8 Å². The van der Waals surface area contributed by atoms with Crippen LogP contribution in [0, 0.1) is 0 Å². The molecule has 0 bridgehead atoms. The molecule has 1 aromatic rings. The van der Waals surface area contributed by atoms with Crippen LogP contribution in [0.25, 0.3) is 0 Å². The van der Waals surface area contributed by atoms with Crippen LogP contribution in [0.1, 0.15) is 19.8 Å². The molecule has 19 heavy (non-hydrogen) atoms. The molecule has 1 aliphatic heterocycles. The summed E-state index contributed by atoms with van der Waals surface area (Å²) in [4.78, 5) is 15.0. The maximum Gasteiger partial charge on any atom is 0.243 e. The molecule has 1 saturated heterocycles. The summed E-state index contributed by atoms with van der Waals surface area (Å²) in [7, 11) is 0. The molecule has 0 radical (unpaired) electrons. The lowest BCUT2D eigenvalue weighted by molar-refractivity contribution is 0.158. The molecule has 8 nitrogen and oxygen atoms in total. The number of hydrogen-bond donors (Lipinski definition) is 3. The quantitative estimate of drug-likeness (QED) is 0.366. The average Bonchev–Trinajstić information content (AvgIpc) is 2.97. The van der Waals surface area contributed by atoms with Crippen molar-refractivity contribution in [3.63, 3.8) is 0 Å². The standard InChI is InChI=1S/C11H21N7O/c1-2-19-8-5-13-9-14-10(17-12)16-11(15-9)18-6-3-4-7-18/h2-8,12H2,1H3,(H2,13,14,15,16,17). The van der Waals surface area contributed by atoms with Crippen molar-refractivity contribution in [2.24, 2.45) is 5.84 Å². The van der Waals surface area contributed by atoms with E-state index >= 15 is 0 Å². The predicted octanol–water partition coefficient (Wildman–Crippen LogP) is 0.206. The molecule has 2 heterocycles. The number of nitrogens with one attached hydrogen (secondary N) is 2. The molecule has 0 aromatic carbocycles. The van der Waals surface area contributed by atoms with Gasteiger partial charge in [0.05, 0.1) is 6.61 Å². The van der Waals surface area contributed by atoms with E-state index in [1.165, 1.54) is 12.8 Å². The van der Waals surface area contributed by atoms with E-state index < -0.39 is 0 Å². The summed E-state index contributed by atoms with van der Waals surface area (Å²) in [6.45, 7) is 5.89. The van der Waals surface area contributed by atoms with E-state index in [0.29, 0.717) is 37.6 Å². The fourth-order valence-corrected chi connectivity index (χ4v) is 1.95. The van der Waals surface area contributed by atoms with Crippen LogP contribution in [0.3, 0.4) is 0 Å². The Bertz CT molecular complexity index is 395. The van der Waals surface area contributed by atoms with Crippen LogP contribution in [0.4, 0.5) is 17.8 Å². The Hall–Kier alpha value is -1.67. The second-order valence-electron chi connectivity index (χ2n) is 4.24. The lowest BCUT2D eigenvalue weighted by Crippen LogP contribution is -2.23. The molecule has 1 fully saturated rings. The molecule has 0 amide bonds. The molecule has 106 valence electrons. The van der Waals surface area contributed by atoms with Gasteiger partial charge < -0.3 is 15.0 Å². The van der Waals surface area contributed by atoms with Crippen molar-refractivity contribution >= 4 is 17.8 Å². The summed E-state index contributed by atoms with van der Waals surface area (Å²) in [5.41, 5.74) is 2.47. The van der Waals surface area contributed by atoms with Gasteiger partial charge in [-0.25, -0.2) is 5.84 Å². The van der Waals surface area contributed by atoms with E-state index in [4.69, 9.17) is 10.6 Å². The number of anilines is 3. The molecule has 0 atom stereocenters. The zero-order valence-electron chi connectivity index (χ0n) is 11.2. The van der Waals surface area contributed by atoms with E-state index in [1.54, 1.807) is 0 Å². The molecule has 1 aliphatic rings. The summed E-state index contributed by atoms with van der Waals surface area (Å²) in [6, 6.07) is 0. The Morgan fingerprint density at radius 2 is 1.95 bits per heavy atom. The van der Waals surface area contributed by atoms with E-state index in [9.17, 15) is 0 Å². The van der Waals surface area contributed by atoms with E-state index in [0.717, 1.165) is 13.1 Å². The second kappa shape index (κ2) is 7.05. The smallest absolute Gasteiger partial charge is 0.243 e. The van der Waals surface area contributed by atoms with E-state index in [1.807, 2.05) is 6.92 Å². The maximum atomic E-state index is 5.39. The van der Waals surface area contributed by atoms with Gasteiger partial charge in [-0.3, -0.25) is 5.43 Å². The fraction of sp³-hybridized carbons (Fsp3) is 0.727. The topological polar surface area (TPSA) is 101 Å². The van der Waals surface area contributed by atoms with Gasteiger partial charge in [0, 0.05) is 26.2 Å². The van der Waals surface area contributed by atoms with Gasteiger partial charge in [-0.05, 0) is 19.8 Å². The summed E-state index contributed by atoms with van der Waals surface area (Å²) < 4.78 is 5.26. The lowest BCUT2D eigenvalue weighted by Gasteiger charge is -2.16. The van der Waals surface area contributed by atoms with Gasteiger partial charge in [0.25, 0.3) is 0 Å². The highest BCUT2D eigenvalue weighted by atomic mass is 16.5. The van der Waals surface area contributed by atoms with Gasteiger partial charge in [0.1, 0.15) is 0 Å². The summed E-state index contributed by atoms with van der Waals surface area (Å²) >= 11 is 0. The van der Waals surface area contributed by atoms with Crippen LogP contribution < -0.4 is 21.5 Å². The third-order valence-electron chi connectivity index (χ3n) is 2.88. The first-order valence-electron chi connectivity index (χ1n) is 6.62. The number of hydrogen-bond acceptors (Lipinski definition) is 8. The molecule has 0 saturated carbocycles. The number of aromatic nitrogens is 3. The first kappa shape index (κ1) is 13.8. The fourth-order valence-electron chi connectivity index (χ4n) is 1.95. The molecule has 8 heteroatoms. The minimum Gasteiger partial charge on any atom is -0.380 e. The number of nitrogens with two attached hydrogens (primary N) is 1. The predicted molar refractivity (Wildman–Crippen MR) is 74.1 cm³/mol. The number of ether oxygens (including phenoxy) is 1. The number of nitrogens with zero attached hydrogens (tertiary/aromatic N) is 4. The third-order valence-corrected chi connectivity index (χ3v) is 2.88. The van der Waals surface area contributed by atoms with Crippen LogP contribution in [-0.2, 0) is 4.74 Å². The van der Waals surface area contributed by atoms with Gasteiger partial charge >= 0.3 is 0 Å². The average molecular weight is 267 g/mol. The summed E-state index contributed by atoms with van der Waals surface area (Å²) in [6.07, 6.45) is 2.34. The van der Waals surface area contributed by atoms with Gasteiger partial charge in [0.2, 0.25) is 17.8 Å². The molecular formula is C11H21N7O. The summed E-state index contributed by atoms with van der Waals surface area (Å²) in [5, 5.41) is 3.11. The highest BCUT2D eigenvalue weighted by Gasteiger charge is 2.17. The molecular weight excluding hydrogens is 246 g/mol.